The molecule has 0 saturated carbocycles. The van der Waals surface area contributed by atoms with Gasteiger partial charge in [0, 0.05) is 5.92 Å². The summed E-state index contributed by atoms with van der Waals surface area (Å²) in [4.78, 5) is 0. The molecule has 28 heavy (non-hydrogen) atoms. The van der Waals surface area contributed by atoms with Crippen LogP contribution in [0.4, 0.5) is 30.7 Å². The molecule has 0 bridgehead atoms. The lowest BCUT2D eigenvalue weighted by molar-refractivity contribution is -0.299. The van der Waals surface area contributed by atoms with Crippen molar-refractivity contribution in [1.29, 1.82) is 0 Å². The molecule has 0 N–H and O–H groups in total. The molecule has 1 aromatic carbocycles. The van der Waals surface area contributed by atoms with Crippen LogP contribution in [0.2, 0.25) is 0 Å². The summed E-state index contributed by atoms with van der Waals surface area (Å²) in [5.74, 6) is -8.56. The Hall–Kier alpha value is -1.77. The minimum Gasteiger partial charge on any atom is -0.461 e. The maximum absolute atomic E-state index is 14.3. The molecule has 0 amide bonds. The molecule has 0 aliphatic carbocycles. The standard InChI is InChI=1S/C19H23F7O2/c1-11(2)6-13(17(3,4)5)12-7-14(20)16(15(21)8-12)28-10-27-9-18(22,23)19(24,25)26/h6-8,13H,9-10H2,1-5H3. The smallest absolute Gasteiger partial charge is 0.455 e. The molecule has 1 atom stereocenters. The van der Waals surface area contributed by atoms with Crippen molar-refractivity contribution in [2.75, 3.05) is 13.4 Å². The van der Waals surface area contributed by atoms with Crippen LogP contribution in [0.1, 0.15) is 46.1 Å². The monoisotopic (exact) mass is 416 g/mol. The number of halogens is 7. The molecule has 0 heterocycles. The predicted octanol–water partition coefficient (Wildman–Crippen LogP) is 6.61. The third-order valence-corrected chi connectivity index (χ3v) is 3.80. The van der Waals surface area contributed by atoms with Gasteiger partial charge in [-0.25, -0.2) is 8.78 Å². The average molecular weight is 416 g/mol. The van der Waals surface area contributed by atoms with Gasteiger partial charge in [-0.2, -0.15) is 22.0 Å². The Morgan fingerprint density at radius 2 is 1.50 bits per heavy atom. The van der Waals surface area contributed by atoms with Crippen LogP contribution in [-0.2, 0) is 4.74 Å². The zero-order valence-electron chi connectivity index (χ0n) is 16.2. The van der Waals surface area contributed by atoms with Crippen molar-refractivity contribution in [3.8, 4) is 5.75 Å². The molecule has 1 aromatic rings. The maximum atomic E-state index is 14.3. The van der Waals surface area contributed by atoms with Gasteiger partial charge in [0.2, 0.25) is 0 Å². The van der Waals surface area contributed by atoms with Crippen molar-refractivity contribution in [2.45, 2.75) is 52.6 Å². The number of allylic oxidation sites excluding steroid dienone is 2. The summed E-state index contributed by atoms with van der Waals surface area (Å²) >= 11 is 0. The highest BCUT2D eigenvalue weighted by atomic mass is 19.4. The topological polar surface area (TPSA) is 18.5 Å². The summed E-state index contributed by atoms with van der Waals surface area (Å²) < 4.78 is 98.7. The molecule has 0 aliphatic heterocycles. The average Bonchev–Trinajstić information content (AvgIpc) is 2.48. The highest BCUT2D eigenvalue weighted by Gasteiger charge is 2.57. The molecule has 0 spiro atoms. The van der Waals surface area contributed by atoms with Gasteiger partial charge >= 0.3 is 12.1 Å². The molecular weight excluding hydrogens is 393 g/mol. The molecular formula is C19H23F7O2. The molecule has 1 rings (SSSR count). The van der Waals surface area contributed by atoms with Crippen LogP contribution in [0.15, 0.2) is 23.8 Å². The number of rotatable bonds is 7. The van der Waals surface area contributed by atoms with E-state index < -0.39 is 42.9 Å². The van der Waals surface area contributed by atoms with Crippen molar-refractivity contribution < 1.29 is 40.2 Å². The highest BCUT2D eigenvalue weighted by molar-refractivity contribution is 5.36. The van der Waals surface area contributed by atoms with E-state index in [2.05, 4.69) is 9.47 Å². The van der Waals surface area contributed by atoms with E-state index in [4.69, 9.17) is 0 Å². The first-order chi connectivity index (χ1) is 12.6. The van der Waals surface area contributed by atoms with Crippen molar-refractivity contribution in [3.63, 3.8) is 0 Å². The van der Waals surface area contributed by atoms with E-state index in [1.165, 1.54) is 0 Å². The molecule has 1 unspecified atom stereocenters. The van der Waals surface area contributed by atoms with Crippen molar-refractivity contribution in [3.05, 3.63) is 41.0 Å². The Morgan fingerprint density at radius 3 is 1.89 bits per heavy atom. The first-order valence-corrected chi connectivity index (χ1v) is 8.35. The summed E-state index contributed by atoms with van der Waals surface area (Å²) in [5.41, 5.74) is 0.922. The van der Waals surface area contributed by atoms with Gasteiger partial charge in [0.1, 0.15) is 6.61 Å². The van der Waals surface area contributed by atoms with Crippen LogP contribution in [0, 0.1) is 17.0 Å². The normalized spacial score (nSPS) is 14.0. The van der Waals surface area contributed by atoms with Crippen LogP contribution in [0.5, 0.6) is 5.75 Å². The van der Waals surface area contributed by atoms with Crippen LogP contribution in [-0.4, -0.2) is 25.5 Å². The fraction of sp³-hybridized carbons (Fsp3) is 0.579. The Labute approximate surface area is 159 Å². The van der Waals surface area contributed by atoms with Crippen LogP contribution >= 0.6 is 0 Å². The van der Waals surface area contributed by atoms with Gasteiger partial charge in [-0.15, -0.1) is 0 Å². The van der Waals surface area contributed by atoms with Crippen molar-refractivity contribution >= 4 is 0 Å². The van der Waals surface area contributed by atoms with Gasteiger partial charge in [0.05, 0.1) is 0 Å². The Balaban J connectivity index is 2.94. The largest absolute Gasteiger partial charge is 0.461 e. The molecule has 9 heteroatoms. The highest BCUT2D eigenvalue weighted by Crippen LogP contribution is 2.39. The Bertz CT molecular complexity index is 676. The number of ether oxygens (including phenoxy) is 2. The van der Waals surface area contributed by atoms with Gasteiger partial charge in [-0.1, -0.05) is 32.4 Å². The predicted molar refractivity (Wildman–Crippen MR) is 90.4 cm³/mol. The number of alkyl halides is 5. The van der Waals surface area contributed by atoms with Gasteiger partial charge in [-0.05, 0) is 37.0 Å². The summed E-state index contributed by atoms with van der Waals surface area (Å²) in [5, 5.41) is 0. The zero-order valence-corrected chi connectivity index (χ0v) is 16.2. The third kappa shape index (κ3) is 6.39. The Morgan fingerprint density at radius 1 is 1.00 bits per heavy atom. The quantitative estimate of drug-likeness (QED) is 0.215. The van der Waals surface area contributed by atoms with Crippen molar-refractivity contribution in [1.82, 2.24) is 0 Å². The summed E-state index contributed by atoms with van der Waals surface area (Å²) in [6.07, 6.45) is -3.94. The number of hydrogen-bond acceptors (Lipinski definition) is 2. The molecule has 0 radical (unpaired) electrons. The first-order valence-electron chi connectivity index (χ1n) is 8.35. The van der Waals surface area contributed by atoms with E-state index in [9.17, 15) is 30.7 Å². The van der Waals surface area contributed by atoms with Gasteiger partial charge in [0.15, 0.2) is 24.2 Å². The van der Waals surface area contributed by atoms with E-state index in [-0.39, 0.29) is 11.3 Å². The van der Waals surface area contributed by atoms with E-state index in [1.807, 2.05) is 40.7 Å². The van der Waals surface area contributed by atoms with E-state index in [0.717, 1.165) is 17.7 Å². The van der Waals surface area contributed by atoms with E-state index in [0.29, 0.717) is 5.56 Å². The van der Waals surface area contributed by atoms with Crippen LogP contribution < -0.4 is 4.74 Å². The molecule has 0 aromatic heterocycles. The SMILES string of the molecule is CC(C)=CC(c1cc(F)c(OCOCC(F)(F)C(F)(F)F)c(F)c1)C(C)(C)C. The lowest BCUT2D eigenvalue weighted by Crippen LogP contribution is -2.41. The second-order valence-electron chi connectivity index (χ2n) is 7.71. The maximum Gasteiger partial charge on any atom is 0.455 e. The second-order valence-corrected chi connectivity index (χ2v) is 7.71. The minimum atomic E-state index is -5.79. The number of benzene rings is 1. The molecule has 160 valence electrons. The Kier molecular flexibility index (Phi) is 7.55. The fourth-order valence-corrected chi connectivity index (χ4v) is 2.43. The van der Waals surface area contributed by atoms with Gasteiger partial charge < -0.3 is 9.47 Å². The lowest BCUT2D eigenvalue weighted by Gasteiger charge is -2.29. The van der Waals surface area contributed by atoms with Crippen LogP contribution in [0.3, 0.4) is 0 Å². The molecule has 0 aliphatic rings. The number of hydrogen-bond donors (Lipinski definition) is 0. The lowest BCUT2D eigenvalue weighted by atomic mass is 9.75. The molecule has 0 fully saturated rings. The first kappa shape index (κ1) is 24.3. The van der Waals surface area contributed by atoms with Gasteiger partial charge in [-0.3, -0.25) is 0 Å². The second kappa shape index (κ2) is 8.71. The summed E-state index contributed by atoms with van der Waals surface area (Å²) in [6, 6.07) is 2.08. The van der Waals surface area contributed by atoms with Gasteiger partial charge in [0.25, 0.3) is 0 Å². The summed E-state index contributed by atoms with van der Waals surface area (Å²) in [6.45, 7) is 6.18. The van der Waals surface area contributed by atoms with E-state index in [1.54, 1.807) is 0 Å². The molecule has 0 saturated heterocycles. The molecule has 2 nitrogen and oxygen atoms in total. The van der Waals surface area contributed by atoms with E-state index >= 15 is 0 Å². The fourth-order valence-electron chi connectivity index (χ4n) is 2.43. The van der Waals surface area contributed by atoms with Crippen molar-refractivity contribution in [2.24, 2.45) is 5.41 Å². The minimum absolute atomic E-state index is 0.322. The van der Waals surface area contributed by atoms with Crippen LogP contribution in [0.25, 0.3) is 0 Å². The summed E-state index contributed by atoms with van der Waals surface area (Å²) in [7, 11) is 0. The zero-order chi connectivity index (χ0) is 21.9. The third-order valence-electron chi connectivity index (χ3n) is 3.80.